The fourth-order valence-electron chi connectivity index (χ4n) is 5.17. The van der Waals surface area contributed by atoms with E-state index in [9.17, 15) is 10.5 Å². The molecular weight excluding hydrogens is 518 g/mol. The molecule has 0 aliphatic heterocycles. The molecule has 42 heavy (non-hydrogen) atoms. The van der Waals surface area contributed by atoms with E-state index in [0.29, 0.717) is 17.0 Å². The van der Waals surface area contributed by atoms with Crippen LogP contribution in [0.4, 0.5) is 0 Å². The molecule has 0 unspecified atom stereocenters. The van der Waals surface area contributed by atoms with Gasteiger partial charge in [-0.15, -0.1) is 0 Å². The molecule has 7 aromatic rings. The Balaban J connectivity index is 1.17. The predicted octanol–water partition coefficient (Wildman–Crippen LogP) is 8.42. The van der Waals surface area contributed by atoms with Gasteiger partial charge in [-0.1, -0.05) is 60.7 Å². The lowest BCUT2D eigenvalue weighted by Gasteiger charge is -2.09. The van der Waals surface area contributed by atoms with E-state index in [-0.39, 0.29) is 0 Å². The van der Waals surface area contributed by atoms with Crippen LogP contribution in [0.25, 0.3) is 61.7 Å². The summed E-state index contributed by atoms with van der Waals surface area (Å²) in [6, 6.07) is 39.8. The van der Waals surface area contributed by atoms with Crippen LogP contribution in [0, 0.1) is 22.7 Å². The molecule has 0 aliphatic rings. The van der Waals surface area contributed by atoms with Gasteiger partial charge in [-0.25, -0.2) is 4.98 Å². The van der Waals surface area contributed by atoms with Crippen molar-refractivity contribution in [1.29, 1.82) is 10.5 Å². The van der Waals surface area contributed by atoms with Crippen LogP contribution in [-0.2, 0) is 0 Å². The summed E-state index contributed by atoms with van der Waals surface area (Å²) in [7, 11) is 0. The highest BCUT2D eigenvalue weighted by molar-refractivity contribution is 5.94. The lowest BCUT2D eigenvalue weighted by atomic mass is 10.00. The van der Waals surface area contributed by atoms with Crippen molar-refractivity contribution in [3.63, 3.8) is 0 Å². The number of aromatic nitrogens is 3. The number of pyridine rings is 1. The Morgan fingerprint density at radius 3 is 2.12 bits per heavy atom. The van der Waals surface area contributed by atoms with E-state index >= 15 is 0 Å². The van der Waals surface area contributed by atoms with Crippen LogP contribution in [0.15, 0.2) is 132 Å². The van der Waals surface area contributed by atoms with Crippen molar-refractivity contribution in [1.82, 2.24) is 14.5 Å². The number of hydrogen-bond donors (Lipinski definition) is 0. The van der Waals surface area contributed by atoms with E-state index in [1.807, 2.05) is 72.9 Å². The second-order valence-electron chi connectivity index (χ2n) is 9.79. The molecule has 0 amide bonds. The molecule has 196 valence electrons. The second kappa shape index (κ2) is 10.4. The SMILES string of the molecule is N#Cc1ccc(-c2ccc(-n3ccc4c(-c5ccc(-c6coc(-c7ccccc7)n6)cc5)nccc43)cc2)cc1C#N. The number of oxazole rings is 1. The summed E-state index contributed by atoms with van der Waals surface area (Å²) in [4.78, 5) is 9.39. The Kier molecular flexibility index (Phi) is 6.13. The number of nitrogens with zero attached hydrogens (tertiary/aromatic N) is 5. The third kappa shape index (κ3) is 4.40. The van der Waals surface area contributed by atoms with Gasteiger partial charge in [-0.3, -0.25) is 4.98 Å². The van der Waals surface area contributed by atoms with Crippen molar-refractivity contribution in [2.24, 2.45) is 0 Å². The summed E-state index contributed by atoms with van der Waals surface area (Å²) < 4.78 is 7.86. The van der Waals surface area contributed by atoms with E-state index < -0.39 is 0 Å². The quantitative estimate of drug-likeness (QED) is 0.219. The van der Waals surface area contributed by atoms with E-state index in [0.717, 1.165) is 55.8 Å². The van der Waals surface area contributed by atoms with Crippen LogP contribution in [0.1, 0.15) is 11.1 Å². The van der Waals surface area contributed by atoms with E-state index in [1.165, 1.54) is 0 Å². The molecule has 0 atom stereocenters. The highest BCUT2D eigenvalue weighted by Gasteiger charge is 2.13. The Morgan fingerprint density at radius 1 is 0.643 bits per heavy atom. The van der Waals surface area contributed by atoms with Gasteiger partial charge in [-0.2, -0.15) is 10.5 Å². The Labute approximate surface area is 242 Å². The molecule has 7 rings (SSSR count). The van der Waals surface area contributed by atoms with Crippen molar-refractivity contribution in [3.8, 4) is 62.9 Å². The summed E-state index contributed by atoms with van der Waals surface area (Å²) in [6.45, 7) is 0. The van der Waals surface area contributed by atoms with Crippen molar-refractivity contribution in [3.05, 3.63) is 139 Å². The van der Waals surface area contributed by atoms with Gasteiger partial charge in [0, 0.05) is 40.2 Å². The summed E-state index contributed by atoms with van der Waals surface area (Å²) in [5.41, 5.74) is 9.30. The first kappa shape index (κ1) is 24.8. The van der Waals surface area contributed by atoms with Gasteiger partial charge < -0.3 is 8.98 Å². The van der Waals surface area contributed by atoms with Crippen molar-refractivity contribution < 1.29 is 4.42 Å². The van der Waals surface area contributed by atoms with Gasteiger partial charge in [-0.05, 0) is 59.7 Å². The van der Waals surface area contributed by atoms with Crippen LogP contribution < -0.4 is 0 Å². The van der Waals surface area contributed by atoms with Crippen LogP contribution in [0.2, 0.25) is 0 Å². The molecule has 6 nitrogen and oxygen atoms in total. The number of benzene rings is 4. The van der Waals surface area contributed by atoms with Gasteiger partial charge >= 0.3 is 0 Å². The molecule has 4 aromatic carbocycles. The van der Waals surface area contributed by atoms with Crippen LogP contribution in [0.3, 0.4) is 0 Å². The average Bonchev–Trinajstić information content (AvgIpc) is 3.73. The molecule has 6 heteroatoms. The lowest BCUT2D eigenvalue weighted by Crippen LogP contribution is -1.93. The van der Waals surface area contributed by atoms with Gasteiger partial charge in [0.25, 0.3) is 0 Å². The maximum absolute atomic E-state index is 9.39. The monoisotopic (exact) mass is 539 g/mol. The molecule has 0 bridgehead atoms. The van der Waals surface area contributed by atoms with Crippen molar-refractivity contribution >= 4 is 10.9 Å². The Bertz CT molecular complexity index is 2140. The highest BCUT2D eigenvalue weighted by atomic mass is 16.3. The molecule has 0 N–H and O–H groups in total. The maximum Gasteiger partial charge on any atom is 0.226 e. The Hall–Kier alpha value is -6.24. The fraction of sp³-hybridized carbons (Fsp3) is 0. The van der Waals surface area contributed by atoms with Crippen molar-refractivity contribution in [2.45, 2.75) is 0 Å². The molecule has 3 aromatic heterocycles. The molecular formula is C36H21N5O. The van der Waals surface area contributed by atoms with Gasteiger partial charge in [0.1, 0.15) is 24.1 Å². The molecule has 0 saturated carbocycles. The zero-order valence-electron chi connectivity index (χ0n) is 22.3. The predicted molar refractivity (Wildman–Crippen MR) is 162 cm³/mol. The zero-order valence-corrected chi connectivity index (χ0v) is 22.3. The molecule has 0 aliphatic carbocycles. The summed E-state index contributed by atoms with van der Waals surface area (Å²) in [5, 5.41) is 19.6. The van der Waals surface area contributed by atoms with Gasteiger partial charge in [0.15, 0.2) is 0 Å². The number of nitriles is 2. The summed E-state index contributed by atoms with van der Waals surface area (Å²) in [6.07, 6.45) is 5.57. The molecule has 0 radical (unpaired) electrons. The zero-order chi connectivity index (χ0) is 28.5. The largest absolute Gasteiger partial charge is 0.444 e. The normalized spacial score (nSPS) is 10.8. The minimum absolute atomic E-state index is 0.376. The van der Waals surface area contributed by atoms with Crippen molar-refractivity contribution in [2.75, 3.05) is 0 Å². The topological polar surface area (TPSA) is 91.4 Å². The molecule has 3 heterocycles. The third-order valence-corrected chi connectivity index (χ3v) is 7.34. The summed E-state index contributed by atoms with van der Waals surface area (Å²) >= 11 is 0. The molecule has 0 spiro atoms. The van der Waals surface area contributed by atoms with Crippen LogP contribution >= 0.6 is 0 Å². The number of fused-ring (bicyclic) bond motifs is 1. The first-order chi connectivity index (χ1) is 20.7. The molecule has 0 fully saturated rings. The Morgan fingerprint density at radius 2 is 1.36 bits per heavy atom. The molecule has 0 saturated heterocycles. The fourth-order valence-corrected chi connectivity index (χ4v) is 5.17. The van der Waals surface area contributed by atoms with E-state index in [1.54, 1.807) is 18.4 Å². The van der Waals surface area contributed by atoms with Gasteiger partial charge in [0.05, 0.1) is 22.3 Å². The smallest absolute Gasteiger partial charge is 0.226 e. The van der Waals surface area contributed by atoms with Crippen LogP contribution in [-0.4, -0.2) is 14.5 Å². The number of rotatable bonds is 5. The average molecular weight is 540 g/mol. The van der Waals surface area contributed by atoms with E-state index in [2.05, 4.69) is 58.2 Å². The van der Waals surface area contributed by atoms with E-state index in [4.69, 9.17) is 9.40 Å². The third-order valence-electron chi connectivity index (χ3n) is 7.34. The van der Waals surface area contributed by atoms with Gasteiger partial charge in [0.2, 0.25) is 5.89 Å². The standard InChI is InChI=1S/C36H21N5O/c37-21-29-11-10-28(20-30(29)22-38)24-12-14-31(15-13-24)41-19-17-32-34(41)16-18-39-35(32)26-8-6-25(7-9-26)33-23-42-36(40-33)27-4-2-1-3-5-27/h1-20,23H. The summed E-state index contributed by atoms with van der Waals surface area (Å²) in [5.74, 6) is 0.597. The second-order valence-corrected chi connectivity index (χ2v) is 9.79. The lowest BCUT2D eigenvalue weighted by molar-refractivity contribution is 0.575. The highest BCUT2D eigenvalue weighted by Crippen LogP contribution is 2.32. The minimum atomic E-state index is 0.376. The minimum Gasteiger partial charge on any atom is -0.444 e. The van der Waals surface area contributed by atoms with Crippen LogP contribution in [0.5, 0.6) is 0 Å². The first-order valence-electron chi connectivity index (χ1n) is 13.3. The number of hydrogen-bond acceptors (Lipinski definition) is 5. The maximum atomic E-state index is 9.39. The first-order valence-corrected chi connectivity index (χ1v) is 13.3.